The van der Waals surface area contributed by atoms with Gasteiger partial charge in [-0.1, -0.05) is 0 Å². The second-order valence-electron chi connectivity index (χ2n) is 2.54. The van der Waals surface area contributed by atoms with Crippen molar-refractivity contribution >= 4 is 0 Å². The van der Waals surface area contributed by atoms with E-state index in [2.05, 4.69) is 0 Å². The highest BCUT2D eigenvalue weighted by Crippen LogP contribution is 2.14. The number of hydrogen-bond donors (Lipinski definition) is 0. The third kappa shape index (κ3) is 2.58. The van der Waals surface area contributed by atoms with Gasteiger partial charge in [0, 0.05) is 6.92 Å². The first-order chi connectivity index (χ1) is 4.58. The lowest BCUT2D eigenvalue weighted by Crippen LogP contribution is -2.38. The van der Waals surface area contributed by atoms with Gasteiger partial charge >= 0.3 is 0 Å². The van der Waals surface area contributed by atoms with Gasteiger partial charge < -0.3 is 9.47 Å². The van der Waals surface area contributed by atoms with Crippen molar-refractivity contribution in [2.75, 3.05) is 19.8 Å². The Morgan fingerprint density at radius 3 is 2.50 bits per heavy atom. The zero-order valence-corrected chi connectivity index (χ0v) is 5.77. The van der Waals surface area contributed by atoms with Crippen LogP contribution in [0.15, 0.2) is 0 Å². The molecule has 0 saturated carbocycles. The van der Waals surface area contributed by atoms with E-state index >= 15 is 0 Å². The van der Waals surface area contributed by atoms with E-state index in [0.29, 0.717) is 13.2 Å². The molecule has 0 radical (unpaired) electrons. The molecule has 0 spiro atoms. The molecule has 1 aliphatic rings. The van der Waals surface area contributed by atoms with Crippen LogP contribution >= 0.6 is 0 Å². The Labute approximate surface area is 58.1 Å². The van der Waals surface area contributed by atoms with Crippen LogP contribution in [0.1, 0.15) is 6.92 Å². The SMILES string of the molecule is CC(F)(F)COC1COC1. The molecule has 4 heteroatoms. The van der Waals surface area contributed by atoms with E-state index in [1.807, 2.05) is 0 Å². The minimum atomic E-state index is -2.71. The third-order valence-electron chi connectivity index (χ3n) is 1.18. The third-order valence-corrected chi connectivity index (χ3v) is 1.18. The van der Waals surface area contributed by atoms with Crippen LogP contribution in [0, 0.1) is 0 Å². The van der Waals surface area contributed by atoms with Gasteiger partial charge in [-0.3, -0.25) is 0 Å². The fraction of sp³-hybridized carbons (Fsp3) is 1.00. The first-order valence-corrected chi connectivity index (χ1v) is 3.15. The van der Waals surface area contributed by atoms with E-state index in [0.717, 1.165) is 6.92 Å². The highest BCUT2D eigenvalue weighted by Gasteiger charge is 2.26. The van der Waals surface area contributed by atoms with Gasteiger partial charge in [0.2, 0.25) is 0 Å². The van der Waals surface area contributed by atoms with Crippen molar-refractivity contribution in [2.24, 2.45) is 0 Å². The summed E-state index contributed by atoms with van der Waals surface area (Å²) < 4.78 is 33.7. The molecule has 10 heavy (non-hydrogen) atoms. The number of rotatable bonds is 3. The molecule has 60 valence electrons. The van der Waals surface area contributed by atoms with Gasteiger partial charge in [0.05, 0.1) is 13.2 Å². The molecule has 0 unspecified atom stereocenters. The standard InChI is InChI=1S/C6H10F2O2/c1-6(7,8)4-10-5-2-9-3-5/h5H,2-4H2,1H3. The van der Waals surface area contributed by atoms with Crippen LogP contribution in [0.4, 0.5) is 8.78 Å². The smallest absolute Gasteiger partial charge is 0.268 e. The zero-order valence-electron chi connectivity index (χ0n) is 5.77. The zero-order chi connectivity index (χ0) is 7.61. The normalized spacial score (nSPS) is 20.7. The molecule has 1 aliphatic heterocycles. The van der Waals surface area contributed by atoms with Gasteiger partial charge in [0.15, 0.2) is 0 Å². The highest BCUT2D eigenvalue weighted by molar-refractivity contribution is 4.66. The van der Waals surface area contributed by atoms with Crippen molar-refractivity contribution < 1.29 is 18.3 Å². The largest absolute Gasteiger partial charge is 0.376 e. The number of ether oxygens (including phenoxy) is 2. The van der Waals surface area contributed by atoms with Gasteiger partial charge in [-0.25, -0.2) is 8.78 Å². The molecular formula is C6H10F2O2. The van der Waals surface area contributed by atoms with Gasteiger partial charge in [0.1, 0.15) is 12.7 Å². The summed E-state index contributed by atoms with van der Waals surface area (Å²) in [4.78, 5) is 0. The van der Waals surface area contributed by atoms with Crippen LogP contribution < -0.4 is 0 Å². The van der Waals surface area contributed by atoms with E-state index in [9.17, 15) is 8.78 Å². The summed E-state index contributed by atoms with van der Waals surface area (Å²) in [5, 5.41) is 0. The summed E-state index contributed by atoms with van der Waals surface area (Å²) in [7, 11) is 0. The molecule has 0 aromatic carbocycles. The molecule has 0 bridgehead atoms. The lowest BCUT2D eigenvalue weighted by Gasteiger charge is -2.27. The molecule has 1 rings (SSSR count). The summed E-state index contributed by atoms with van der Waals surface area (Å²) >= 11 is 0. The van der Waals surface area contributed by atoms with E-state index < -0.39 is 12.5 Å². The van der Waals surface area contributed by atoms with Crippen LogP contribution in [0.5, 0.6) is 0 Å². The minimum Gasteiger partial charge on any atom is -0.376 e. The van der Waals surface area contributed by atoms with Crippen molar-refractivity contribution in [3.8, 4) is 0 Å². The number of alkyl halides is 2. The molecule has 1 fully saturated rings. The average molecular weight is 152 g/mol. The molecule has 0 aromatic rings. The predicted octanol–water partition coefficient (Wildman–Crippen LogP) is 1.06. The van der Waals surface area contributed by atoms with Gasteiger partial charge in [-0.15, -0.1) is 0 Å². The molecule has 0 N–H and O–H groups in total. The van der Waals surface area contributed by atoms with Gasteiger partial charge in [-0.05, 0) is 0 Å². The quantitative estimate of drug-likeness (QED) is 0.602. The molecule has 0 aromatic heterocycles. The lowest BCUT2D eigenvalue weighted by atomic mass is 10.3. The summed E-state index contributed by atoms with van der Waals surface area (Å²) in [6, 6.07) is 0. The van der Waals surface area contributed by atoms with Crippen molar-refractivity contribution in [1.29, 1.82) is 0 Å². The second-order valence-corrected chi connectivity index (χ2v) is 2.54. The maximum absolute atomic E-state index is 12.1. The molecule has 0 atom stereocenters. The fourth-order valence-electron chi connectivity index (χ4n) is 0.574. The van der Waals surface area contributed by atoms with Gasteiger partial charge in [0.25, 0.3) is 5.92 Å². The van der Waals surface area contributed by atoms with Crippen molar-refractivity contribution in [2.45, 2.75) is 19.0 Å². The summed E-state index contributed by atoms with van der Waals surface area (Å²) in [5.74, 6) is -2.71. The van der Waals surface area contributed by atoms with Crippen LogP contribution in [-0.2, 0) is 9.47 Å². The summed E-state index contributed by atoms with van der Waals surface area (Å²) in [6.45, 7) is 1.25. The Morgan fingerprint density at radius 1 is 1.60 bits per heavy atom. The highest BCUT2D eigenvalue weighted by atomic mass is 19.3. The molecule has 0 amide bonds. The van der Waals surface area contributed by atoms with E-state index in [-0.39, 0.29) is 6.10 Å². The van der Waals surface area contributed by atoms with E-state index in [1.165, 1.54) is 0 Å². The Bertz CT molecular complexity index is 107. The number of halogens is 2. The van der Waals surface area contributed by atoms with Crippen LogP contribution in [-0.4, -0.2) is 31.8 Å². The Balaban J connectivity index is 2.04. The Hall–Kier alpha value is -0.220. The summed E-state index contributed by atoms with van der Waals surface area (Å²) in [6.07, 6.45) is -0.106. The maximum Gasteiger partial charge on any atom is 0.268 e. The molecule has 1 heterocycles. The monoisotopic (exact) mass is 152 g/mol. The van der Waals surface area contributed by atoms with Crippen molar-refractivity contribution in [3.05, 3.63) is 0 Å². The first-order valence-electron chi connectivity index (χ1n) is 3.15. The molecular weight excluding hydrogens is 142 g/mol. The first kappa shape index (κ1) is 7.88. The topological polar surface area (TPSA) is 18.5 Å². The maximum atomic E-state index is 12.1. The minimum absolute atomic E-state index is 0.106. The van der Waals surface area contributed by atoms with Crippen LogP contribution in [0.3, 0.4) is 0 Å². The molecule has 2 nitrogen and oxygen atoms in total. The lowest BCUT2D eigenvalue weighted by molar-refractivity contribution is -0.167. The Morgan fingerprint density at radius 2 is 2.20 bits per heavy atom. The van der Waals surface area contributed by atoms with E-state index in [1.54, 1.807) is 0 Å². The second kappa shape index (κ2) is 2.80. The van der Waals surface area contributed by atoms with Crippen molar-refractivity contribution in [3.63, 3.8) is 0 Å². The molecule has 0 aliphatic carbocycles. The van der Waals surface area contributed by atoms with Crippen LogP contribution in [0.2, 0.25) is 0 Å². The fourth-order valence-corrected chi connectivity index (χ4v) is 0.574. The van der Waals surface area contributed by atoms with Gasteiger partial charge in [-0.2, -0.15) is 0 Å². The molecule has 1 saturated heterocycles. The van der Waals surface area contributed by atoms with Crippen LogP contribution in [0.25, 0.3) is 0 Å². The average Bonchev–Trinajstić information content (AvgIpc) is 1.56. The van der Waals surface area contributed by atoms with E-state index in [4.69, 9.17) is 9.47 Å². The van der Waals surface area contributed by atoms with Crippen molar-refractivity contribution in [1.82, 2.24) is 0 Å². The summed E-state index contributed by atoms with van der Waals surface area (Å²) in [5.41, 5.74) is 0. The number of hydrogen-bond acceptors (Lipinski definition) is 2. The Kier molecular flexibility index (Phi) is 2.21. The predicted molar refractivity (Wildman–Crippen MR) is 31.2 cm³/mol.